The zero-order chi connectivity index (χ0) is 15.5. The third-order valence-electron chi connectivity index (χ3n) is 4.17. The molecule has 5 heteroatoms. The number of benzene rings is 1. The van der Waals surface area contributed by atoms with Crippen LogP contribution in [0.3, 0.4) is 0 Å². The van der Waals surface area contributed by atoms with E-state index in [1.807, 2.05) is 37.3 Å². The summed E-state index contributed by atoms with van der Waals surface area (Å²) in [6, 6.07) is 9.67. The van der Waals surface area contributed by atoms with Gasteiger partial charge in [-0.3, -0.25) is 4.79 Å². The molecule has 0 heterocycles. The molecule has 0 saturated heterocycles. The van der Waals surface area contributed by atoms with Crippen LogP contribution in [0.2, 0.25) is 0 Å². The van der Waals surface area contributed by atoms with E-state index < -0.39 is 11.5 Å². The van der Waals surface area contributed by atoms with Gasteiger partial charge in [0.25, 0.3) is 0 Å². The van der Waals surface area contributed by atoms with Crippen molar-refractivity contribution < 1.29 is 13.6 Å². The third-order valence-corrected chi connectivity index (χ3v) is 5.29. The number of alkyl halides is 3. The van der Waals surface area contributed by atoms with E-state index in [0.717, 1.165) is 5.56 Å². The first kappa shape index (κ1) is 16.4. The average molecular weight is 360 g/mol. The maximum atomic E-state index is 13.2. The van der Waals surface area contributed by atoms with Crippen LogP contribution in [0, 0.1) is 5.92 Å². The van der Waals surface area contributed by atoms with Crippen LogP contribution in [-0.4, -0.2) is 17.2 Å². The Kier molecular flexibility index (Phi) is 5.02. The minimum absolute atomic E-state index is 0.128. The Morgan fingerprint density at radius 2 is 1.90 bits per heavy atom. The largest absolute Gasteiger partial charge is 0.346 e. The lowest BCUT2D eigenvalue weighted by molar-refractivity contribution is -0.130. The molecular weight excluding hydrogens is 340 g/mol. The van der Waals surface area contributed by atoms with Crippen molar-refractivity contribution in [2.24, 2.45) is 5.92 Å². The van der Waals surface area contributed by atoms with E-state index in [1.54, 1.807) is 0 Å². The fourth-order valence-electron chi connectivity index (χ4n) is 2.67. The predicted octanol–water partition coefficient (Wildman–Crippen LogP) is 4.24. The number of amides is 1. The highest BCUT2D eigenvalue weighted by atomic mass is 79.9. The molecule has 1 fully saturated rings. The molecule has 1 amide bonds. The molecule has 2 nitrogen and oxygen atoms in total. The number of rotatable bonds is 4. The number of carbonyl (C=O) groups excluding carboxylic acids is 1. The van der Waals surface area contributed by atoms with Crippen molar-refractivity contribution in [1.29, 1.82) is 0 Å². The molecule has 116 valence electrons. The highest BCUT2D eigenvalue weighted by Gasteiger charge is 2.39. The van der Waals surface area contributed by atoms with Crippen molar-refractivity contribution in [3.63, 3.8) is 0 Å². The second-order valence-corrected chi connectivity index (χ2v) is 6.51. The van der Waals surface area contributed by atoms with Crippen LogP contribution in [0.15, 0.2) is 30.3 Å². The van der Waals surface area contributed by atoms with E-state index in [2.05, 4.69) is 21.2 Å². The summed E-state index contributed by atoms with van der Waals surface area (Å²) < 4.78 is 26.3. The lowest BCUT2D eigenvalue weighted by atomic mass is 9.85. The molecule has 1 unspecified atom stereocenters. The molecule has 1 aliphatic rings. The minimum Gasteiger partial charge on any atom is -0.346 e. The van der Waals surface area contributed by atoms with Gasteiger partial charge in [-0.05, 0) is 25.3 Å². The summed E-state index contributed by atoms with van der Waals surface area (Å²) in [6.07, 6.45) is 0.126. The first-order valence-electron chi connectivity index (χ1n) is 7.18. The van der Waals surface area contributed by atoms with Crippen molar-refractivity contribution in [1.82, 2.24) is 5.32 Å². The molecule has 0 aliphatic heterocycles. The molecule has 0 bridgehead atoms. The Labute approximate surface area is 132 Å². The van der Waals surface area contributed by atoms with Crippen LogP contribution < -0.4 is 5.32 Å². The lowest BCUT2D eigenvalue weighted by Gasteiger charge is -2.33. The number of halogens is 3. The number of carbonyl (C=O) groups is 1. The topological polar surface area (TPSA) is 29.1 Å². The summed E-state index contributed by atoms with van der Waals surface area (Å²) in [5.41, 5.74) is 0.467. The Balaban J connectivity index is 2.04. The van der Waals surface area contributed by atoms with Gasteiger partial charge in [0.1, 0.15) is 0 Å². The molecule has 0 aromatic heterocycles. The summed E-state index contributed by atoms with van der Waals surface area (Å²) in [4.78, 5) is 12.4. The van der Waals surface area contributed by atoms with Crippen molar-refractivity contribution in [2.45, 2.75) is 44.1 Å². The molecule has 0 spiro atoms. The van der Waals surface area contributed by atoms with Gasteiger partial charge in [-0.2, -0.15) is 0 Å². The van der Waals surface area contributed by atoms with Crippen LogP contribution in [-0.2, 0) is 10.3 Å². The van der Waals surface area contributed by atoms with E-state index in [-0.39, 0.29) is 37.5 Å². The smallest absolute Gasteiger partial charge is 0.248 e. The molecule has 2 rings (SSSR count). The minimum atomic E-state index is -2.60. The fourth-order valence-corrected chi connectivity index (χ4v) is 3.13. The first-order valence-corrected chi connectivity index (χ1v) is 8.30. The van der Waals surface area contributed by atoms with Crippen LogP contribution in [0.1, 0.15) is 38.2 Å². The van der Waals surface area contributed by atoms with Crippen LogP contribution in [0.25, 0.3) is 0 Å². The van der Waals surface area contributed by atoms with Crippen molar-refractivity contribution in [3.8, 4) is 0 Å². The van der Waals surface area contributed by atoms with E-state index in [1.165, 1.54) is 0 Å². The monoisotopic (exact) mass is 359 g/mol. The predicted molar refractivity (Wildman–Crippen MR) is 82.6 cm³/mol. The summed E-state index contributed by atoms with van der Waals surface area (Å²) >= 11 is 3.44. The maximum Gasteiger partial charge on any atom is 0.248 e. The second-order valence-electron chi connectivity index (χ2n) is 5.95. The maximum absolute atomic E-state index is 13.2. The molecule has 1 aromatic rings. The highest BCUT2D eigenvalue weighted by molar-refractivity contribution is 9.09. The molecule has 1 aliphatic carbocycles. The molecule has 1 N–H and O–H groups in total. The highest BCUT2D eigenvalue weighted by Crippen LogP contribution is 2.36. The molecule has 21 heavy (non-hydrogen) atoms. The fraction of sp³-hybridized carbons (Fsp3) is 0.562. The zero-order valence-corrected chi connectivity index (χ0v) is 13.6. The molecular formula is C16H20BrF2NO. The molecule has 1 saturated carbocycles. The van der Waals surface area contributed by atoms with Crippen molar-refractivity contribution in [2.75, 3.05) is 5.33 Å². The van der Waals surface area contributed by atoms with Gasteiger partial charge in [-0.25, -0.2) is 8.78 Å². The Morgan fingerprint density at radius 1 is 1.33 bits per heavy atom. The van der Waals surface area contributed by atoms with Gasteiger partial charge in [0.05, 0.1) is 5.54 Å². The number of hydrogen-bond donors (Lipinski definition) is 1. The van der Waals surface area contributed by atoms with Gasteiger partial charge in [-0.1, -0.05) is 46.3 Å². The summed E-state index contributed by atoms with van der Waals surface area (Å²) in [5, 5.41) is 3.59. The SMILES string of the molecule is CC(CBr)(NC(=O)C1CCC(F)(F)CC1)c1ccccc1. The Hall–Kier alpha value is -0.970. The van der Waals surface area contributed by atoms with Gasteiger partial charge in [-0.15, -0.1) is 0 Å². The van der Waals surface area contributed by atoms with Crippen LogP contribution in [0.4, 0.5) is 8.78 Å². The van der Waals surface area contributed by atoms with Crippen LogP contribution in [0.5, 0.6) is 0 Å². The second kappa shape index (κ2) is 6.42. The van der Waals surface area contributed by atoms with E-state index in [9.17, 15) is 13.6 Å². The van der Waals surface area contributed by atoms with Gasteiger partial charge in [0, 0.05) is 24.1 Å². The standard InChI is InChI=1S/C16H20BrF2NO/c1-15(11-17,13-5-3-2-4-6-13)20-14(21)12-7-9-16(18,19)10-8-12/h2-6,12H,7-11H2,1H3,(H,20,21). The Bertz CT molecular complexity index is 484. The number of hydrogen-bond acceptors (Lipinski definition) is 1. The summed E-state index contributed by atoms with van der Waals surface area (Å²) in [5.74, 6) is -3.04. The van der Waals surface area contributed by atoms with E-state index in [4.69, 9.17) is 0 Å². The average Bonchev–Trinajstić information content (AvgIpc) is 2.47. The van der Waals surface area contributed by atoms with Gasteiger partial charge in [0.15, 0.2) is 0 Å². The summed E-state index contributed by atoms with van der Waals surface area (Å²) in [6.45, 7) is 1.94. The van der Waals surface area contributed by atoms with Gasteiger partial charge < -0.3 is 5.32 Å². The van der Waals surface area contributed by atoms with Crippen molar-refractivity contribution in [3.05, 3.63) is 35.9 Å². The third kappa shape index (κ3) is 4.02. The molecule has 1 atom stereocenters. The first-order chi connectivity index (χ1) is 9.86. The van der Waals surface area contributed by atoms with Crippen LogP contribution >= 0.6 is 15.9 Å². The number of nitrogens with one attached hydrogen (secondary N) is 1. The lowest BCUT2D eigenvalue weighted by Crippen LogP contribution is -2.48. The van der Waals surface area contributed by atoms with E-state index in [0.29, 0.717) is 5.33 Å². The molecule has 1 aromatic carbocycles. The van der Waals surface area contributed by atoms with Gasteiger partial charge >= 0.3 is 0 Å². The normalized spacial score (nSPS) is 21.5. The zero-order valence-electron chi connectivity index (χ0n) is 12.0. The Morgan fingerprint density at radius 3 is 2.43 bits per heavy atom. The van der Waals surface area contributed by atoms with Gasteiger partial charge in [0.2, 0.25) is 11.8 Å². The van der Waals surface area contributed by atoms with E-state index >= 15 is 0 Å². The van der Waals surface area contributed by atoms with Crippen molar-refractivity contribution >= 4 is 21.8 Å². The molecule has 0 radical (unpaired) electrons. The quantitative estimate of drug-likeness (QED) is 0.800. The summed E-state index contributed by atoms with van der Waals surface area (Å²) in [7, 11) is 0.